The Morgan fingerprint density at radius 2 is 1.94 bits per heavy atom. The molecule has 17 heavy (non-hydrogen) atoms. The van der Waals surface area contributed by atoms with Crippen LogP contribution in [0.4, 0.5) is 8.78 Å². The average molecular weight is 244 g/mol. The summed E-state index contributed by atoms with van der Waals surface area (Å²) in [5, 5.41) is 18.7. The Bertz CT molecular complexity index is 430. The topological polar surface area (TPSA) is 57.5 Å². The average Bonchev–Trinajstić information content (AvgIpc) is 2.21. The highest BCUT2D eigenvalue weighted by Gasteiger charge is 2.30. The van der Waals surface area contributed by atoms with E-state index < -0.39 is 29.1 Å². The first-order valence-electron chi connectivity index (χ1n) is 5.10. The fourth-order valence-electron chi connectivity index (χ4n) is 1.41. The number of carbonyl (C=O) groups is 1. The van der Waals surface area contributed by atoms with Crippen molar-refractivity contribution in [3.63, 3.8) is 0 Å². The van der Waals surface area contributed by atoms with E-state index in [0.717, 1.165) is 12.1 Å². The second kappa shape index (κ2) is 4.79. The number of hydrogen-bond donors (Lipinski definition) is 2. The summed E-state index contributed by atoms with van der Waals surface area (Å²) < 4.78 is 25.6. The van der Waals surface area contributed by atoms with Crippen LogP contribution in [0.15, 0.2) is 18.2 Å². The summed E-state index contributed by atoms with van der Waals surface area (Å²) in [6, 6.07) is 3.01. The zero-order chi connectivity index (χ0) is 13.2. The predicted molar refractivity (Wildman–Crippen MR) is 57.4 cm³/mol. The van der Waals surface area contributed by atoms with Gasteiger partial charge in [-0.25, -0.2) is 8.78 Å². The van der Waals surface area contributed by atoms with Crippen molar-refractivity contribution in [3.8, 4) is 0 Å². The number of carboxylic acids is 1. The van der Waals surface area contributed by atoms with Gasteiger partial charge >= 0.3 is 5.97 Å². The van der Waals surface area contributed by atoms with Crippen LogP contribution in [0, 0.1) is 17.0 Å². The minimum absolute atomic E-state index is 0.0760. The van der Waals surface area contributed by atoms with E-state index >= 15 is 0 Å². The number of aliphatic hydroxyl groups is 1. The Balaban J connectivity index is 2.87. The molecule has 0 bridgehead atoms. The first-order chi connectivity index (χ1) is 7.74. The van der Waals surface area contributed by atoms with Crippen LogP contribution in [0.1, 0.15) is 31.9 Å². The fourth-order valence-corrected chi connectivity index (χ4v) is 1.41. The third kappa shape index (κ3) is 3.23. The molecule has 0 amide bonds. The lowest BCUT2D eigenvalue weighted by Gasteiger charge is -2.22. The Labute approximate surface area is 97.7 Å². The molecule has 5 heteroatoms. The highest BCUT2D eigenvalue weighted by atomic mass is 19.2. The number of halogens is 2. The molecule has 1 aromatic carbocycles. The van der Waals surface area contributed by atoms with Gasteiger partial charge in [-0.1, -0.05) is 6.07 Å². The van der Waals surface area contributed by atoms with E-state index in [2.05, 4.69) is 0 Å². The third-order valence-corrected chi connectivity index (χ3v) is 2.61. The normalized spacial score (nSPS) is 13.5. The number of aliphatic carboxylic acids is 1. The van der Waals surface area contributed by atoms with E-state index in [9.17, 15) is 18.7 Å². The van der Waals surface area contributed by atoms with Gasteiger partial charge in [-0.3, -0.25) is 4.79 Å². The molecule has 0 radical (unpaired) electrons. The number of hydrogen-bond acceptors (Lipinski definition) is 2. The first-order valence-corrected chi connectivity index (χ1v) is 5.10. The van der Waals surface area contributed by atoms with Crippen LogP contribution in [-0.4, -0.2) is 16.2 Å². The van der Waals surface area contributed by atoms with E-state index in [-0.39, 0.29) is 12.0 Å². The van der Waals surface area contributed by atoms with E-state index in [0.29, 0.717) is 0 Å². The Morgan fingerprint density at radius 3 is 2.41 bits per heavy atom. The van der Waals surface area contributed by atoms with Crippen molar-refractivity contribution < 1.29 is 23.8 Å². The minimum atomic E-state index is -1.14. The van der Waals surface area contributed by atoms with Crippen molar-refractivity contribution in [2.45, 2.75) is 26.4 Å². The van der Waals surface area contributed by atoms with Crippen molar-refractivity contribution in [1.29, 1.82) is 0 Å². The zero-order valence-corrected chi connectivity index (χ0v) is 9.58. The maximum absolute atomic E-state index is 12.9. The van der Waals surface area contributed by atoms with E-state index in [1.807, 2.05) is 0 Å². The molecule has 2 N–H and O–H groups in total. The maximum atomic E-state index is 12.9. The number of aliphatic hydroxyl groups excluding tert-OH is 1. The molecule has 1 atom stereocenters. The lowest BCUT2D eigenvalue weighted by molar-refractivity contribution is -0.148. The molecule has 3 nitrogen and oxygen atoms in total. The number of carboxylic acid groups (broad SMARTS) is 1. The molecular formula is C12H14F2O3. The van der Waals surface area contributed by atoms with Crippen LogP contribution in [0.3, 0.4) is 0 Å². The SMILES string of the molecule is CC(C)(CC(O)c1ccc(F)c(F)c1)C(=O)O. The van der Waals surface area contributed by atoms with Gasteiger partial charge < -0.3 is 10.2 Å². The summed E-state index contributed by atoms with van der Waals surface area (Å²) in [7, 11) is 0. The Morgan fingerprint density at radius 1 is 1.35 bits per heavy atom. The van der Waals surface area contributed by atoms with Gasteiger partial charge in [-0.05, 0) is 38.0 Å². The monoisotopic (exact) mass is 244 g/mol. The fraction of sp³-hybridized carbons (Fsp3) is 0.417. The maximum Gasteiger partial charge on any atom is 0.309 e. The number of rotatable bonds is 4. The molecule has 0 aliphatic heterocycles. The molecule has 0 saturated heterocycles. The summed E-state index contributed by atoms with van der Waals surface area (Å²) >= 11 is 0. The van der Waals surface area contributed by atoms with Crippen LogP contribution in [0.25, 0.3) is 0 Å². The van der Waals surface area contributed by atoms with E-state index in [1.54, 1.807) is 0 Å². The van der Waals surface area contributed by atoms with E-state index in [4.69, 9.17) is 5.11 Å². The predicted octanol–water partition coefficient (Wildman–Crippen LogP) is 2.50. The van der Waals surface area contributed by atoms with Gasteiger partial charge in [0.15, 0.2) is 11.6 Å². The summed E-state index contributed by atoms with van der Waals surface area (Å²) in [6.45, 7) is 2.91. The van der Waals surface area contributed by atoms with Gasteiger partial charge in [0.1, 0.15) is 0 Å². The zero-order valence-electron chi connectivity index (χ0n) is 9.58. The smallest absolute Gasteiger partial charge is 0.309 e. The van der Waals surface area contributed by atoms with Crippen LogP contribution in [0.2, 0.25) is 0 Å². The van der Waals surface area contributed by atoms with Crippen molar-refractivity contribution >= 4 is 5.97 Å². The second-order valence-corrected chi connectivity index (χ2v) is 4.58. The number of benzene rings is 1. The molecule has 0 aromatic heterocycles. The van der Waals surface area contributed by atoms with Crippen molar-refractivity contribution in [2.75, 3.05) is 0 Å². The van der Waals surface area contributed by atoms with Crippen molar-refractivity contribution in [2.24, 2.45) is 5.41 Å². The largest absolute Gasteiger partial charge is 0.481 e. The molecular weight excluding hydrogens is 230 g/mol. The second-order valence-electron chi connectivity index (χ2n) is 4.58. The quantitative estimate of drug-likeness (QED) is 0.855. The molecule has 1 rings (SSSR count). The lowest BCUT2D eigenvalue weighted by Crippen LogP contribution is -2.26. The van der Waals surface area contributed by atoms with E-state index in [1.165, 1.54) is 19.9 Å². The molecule has 0 spiro atoms. The molecule has 1 unspecified atom stereocenters. The van der Waals surface area contributed by atoms with Gasteiger partial charge in [0.25, 0.3) is 0 Å². The summed E-state index contributed by atoms with van der Waals surface area (Å²) in [6.07, 6.45) is -1.22. The molecule has 94 valence electrons. The summed E-state index contributed by atoms with van der Waals surface area (Å²) in [4.78, 5) is 10.9. The van der Waals surface area contributed by atoms with Crippen LogP contribution >= 0.6 is 0 Å². The third-order valence-electron chi connectivity index (χ3n) is 2.61. The molecule has 0 heterocycles. The molecule has 0 aliphatic rings. The standard InChI is InChI=1S/C12H14F2O3/c1-12(2,11(16)17)6-10(15)7-3-4-8(13)9(14)5-7/h3-5,10,15H,6H2,1-2H3,(H,16,17). The van der Waals surface area contributed by atoms with Crippen LogP contribution < -0.4 is 0 Å². The molecule has 0 aliphatic carbocycles. The molecule has 0 saturated carbocycles. The summed E-state index contributed by atoms with van der Waals surface area (Å²) in [5.41, 5.74) is -0.970. The first kappa shape index (κ1) is 13.6. The molecule has 0 fully saturated rings. The van der Waals surface area contributed by atoms with Gasteiger partial charge in [0.05, 0.1) is 11.5 Å². The van der Waals surface area contributed by atoms with Crippen molar-refractivity contribution in [3.05, 3.63) is 35.4 Å². The van der Waals surface area contributed by atoms with Gasteiger partial charge in [0.2, 0.25) is 0 Å². The van der Waals surface area contributed by atoms with Gasteiger partial charge in [-0.2, -0.15) is 0 Å². The van der Waals surface area contributed by atoms with Gasteiger partial charge in [-0.15, -0.1) is 0 Å². The van der Waals surface area contributed by atoms with Crippen molar-refractivity contribution in [1.82, 2.24) is 0 Å². The Kier molecular flexibility index (Phi) is 3.83. The van der Waals surface area contributed by atoms with Crippen LogP contribution in [-0.2, 0) is 4.79 Å². The summed E-state index contributed by atoms with van der Waals surface area (Å²) in [5.74, 6) is -3.12. The lowest BCUT2D eigenvalue weighted by atomic mass is 9.85. The minimum Gasteiger partial charge on any atom is -0.481 e. The highest BCUT2D eigenvalue weighted by Crippen LogP contribution is 2.30. The Hall–Kier alpha value is -1.49. The molecule has 1 aromatic rings. The van der Waals surface area contributed by atoms with Gasteiger partial charge in [0, 0.05) is 0 Å². The highest BCUT2D eigenvalue weighted by molar-refractivity contribution is 5.73. The van der Waals surface area contributed by atoms with Crippen LogP contribution in [0.5, 0.6) is 0 Å².